The lowest BCUT2D eigenvalue weighted by atomic mass is 10.1. The van der Waals surface area contributed by atoms with Gasteiger partial charge in [0.2, 0.25) is 0 Å². The molecule has 0 aliphatic heterocycles. The van der Waals surface area contributed by atoms with E-state index in [1.165, 1.54) is 19.1 Å². The van der Waals surface area contributed by atoms with Crippen LogP contribution in [0.1, 0.15) is 11.3 Å². The standard InChI is InChI=1S/C11H8F3NO/c1-6-10(16)4-7-2-3-8(11(12,13)14)5-9(7)15-6/h2-5,16H,1H3. The fraction of sp³-hybridized carbons (Fsp3) is 0.182. The van der Waals surface area contributed by atoms with Gasteiger partial charge in [0, 0.05) is 5.39 Å². The quantitative estimate of drug-likeness (QED) is 0.749. The van der Waals surface area contributed by atoms with E-state index in [2.05, 4.69) is 4.98 Å². The number of aromatic hydroxyl groups is 1. The van der Waals surface area contributed by atoms with Gasteiger partial charge in [-0.15, -0.1) is 0 Å². The molecule has 2 rings (SSSR count). The summed E-state index contributed by atoms with van der Waals surface area (Å²) in [6.07, 6.45) is -4.37. The third kappa shape index (κ3) is 1.80. The topological polar surface area (TPSA) is 33.1 Å². The summed E-state index contributed by atoms with van der Waals surface area (Å²) in [6.45, 7) is 1.54. The average molecular weight is 227 g/mol. The number of benzene rings is 1. The van der Waals surface area contributed by atoms with Gasteiger partial charge >= 0.3 is 6.18 Å². The van der Waals surface area contributed by atoms with Crippen molar-refractivity contribution >= 4 is 10.9 Å². The van der Waals surface area contributed by atoms with Crippen LogP contribution < -0.4 is 0 Å². The Kier molecular flexibility index (Phi) is 2.26. The van der Waals surface area contributed by atoms with Gasteiger partial charge < -0.3 is 5.11 Å². The second kappa shape index (κ2) is 3.37. The van der Waals surface area contributed by atoms with Gasteiger partial charge in [0.1, 0.15) is 5.75 Å². The first kappa shape index (κ1) is 10.7. The predicted octanol–water partition coefficient (Wildman–Crippen LogP) is 3.27. The lowest BCUT2D eigenvalue weighted by Crippen LogP contribution is -2.04. The van der Waals surface area contributed by atoms with E-state index in [1.807, 2.05) is 0 Å². The van der Waals surface area contributed by atoms with Gasteiger partial charge in [0.05, 0.1) is 16.8 Å². The monoisotopic (exact) mass is 227 g/mol. The molecule has 1 N–H and O–H groups in total. The van der Waals surface area contributed by atoms with Crippen molar-refractivity contribution in [2.45, 2.75) is 13.1 Å². The summed E-state index contributed by atoms with van der Waals surface area (Å²) in [5.74, 6) is -0.0211. The number of aromatic nitrogens is 1. The van der Waals surface area contributed by atoms with Crippen LogP contribution in [-0.2, 0) is 6.18 Å². The summed E-state index contributed by atoms with van der Waals surface area (Å²) < 4.78 is 37.3. The molecule has 1 aromatic carbocycles. The molecule has 0 atom stereocenters. The zero-order chi connectivity index (χ0) is 11.9. The SMILES string of the molecule is Cc1nc2cc(C(F)(F)F)ccc2cc1O. The number of hydrogen-bond acceptors (Lipinski definition) is 2. The summed E-state index contributed by atoms with van der Waals surface area (Å²) in [7, 11) is 0. The van der Waals surface area contributed by atoms with Gasteiger partial charge in [-0.3, -0.25) is 0 Å². The van der Waals surface area contributed by atoms with Crippen molar-refractivity contribution < 1.29 is 18.3 Å². The Morgan fingerprint density at radius 2 is 1.88 bits per heavy atom. The van der Waals surface area contributed by atoms with Crippen LogP contribution in [0.15, 0.2) is 24.3 Å². The van der Waals surface area contributed by atoms with E-state index < -0.39 is 11.7 Å². The van der Waals surface area contributed by atoms with Crippen LogP contribution in [0.3, 0.4) is 0 Å². The number of fused-ring (bicyclic) bond motifs is 1. The van der Waals surface area contributed by atoms with Crippen molar-refractivity contribution in [3.8, 4) is 5.75 Å². The molecule has 1 heterocycles. The van der Waals surface area contributed by atoms with E-state index in [0.29, 0.717) is 11.1 Å². The second-order valence-electron chi connectivity index (χ2n) is 3.50. The molecule has 0 saturated carbocycles. The predicted molar refractivity (Wildman–Crippen MR) is 53.1 cm³/mol. The highest BCUT2D eigenvalue weighted by Gasteiger charge is 2.30. The number of rotatable bonds is 0. The van der Waals surface area contributed by atoms with Gasteiger partial charge in [0.25, 0.3) is 0 Å². The molecule has 2 nitrogen and oxygen atoms in total. The minimum absolute atomic E-state index is 0.0211. The Morgan fingerprint density at radius 1 is 1.19 bits per heavy atom. The van der Waals surface area contributed by atoms with Crippen LogP contribution in [0.2, 0.25) is 0 Å². The van der Waals surface area contributed by atoms with Gasteiger partial charge in [-0.2, -0.15) is 13.2 Å². The van der Waals surface area contributed by atoms with Crippen molar-refractivity contribution in [2.75, 3.05) is 0 Å². The molecule has 0 saturated heterocycles. The van der Waals surface area contributed by atoms with Crippen molar-refractivity contribution in [3.05, 3.63) is 35.5 Å². The number of nitrogens with zero attached hydrogens (tertiary/aromatic N) is 1. The Hall–Kier alpha value is -1.78. The van der Waals surface area contributed by atoms with Gasteiger partial charge in [-0.25, -0.2) is 4.98 Å². The summed E-state index contributed by atoms with van der Waals surface area (Å²) in [5.41, 5.74) is -0.200. The summed E-state index contributed by atoms with van der Waals surface area (Å²) in [6, 6.07) is 4.64. The Bertz CT molecular complexity index is 549. The molecule has 5 heteroatoms. The van der Waals surface area contributed by atoms with Crippen LogP contribution in [0.4, 0.5) is 13.2 Å². The number of alkyl halides is 3. The Morgan fingerprint density at radius 3 is 2.50 bits per heavy atom. The molecule has 0 spiro atoms. The van der Waals surface area contributed by atoms with Crippen molar-refractivity contribution in [1.82, 2.24) is 4.98 Å². The third-order valence-electron chi connectivity index (χ3n) is 2.31. The maximum absolute atomic E-state index is 12.4. The fourth-order valence-corrected chi connectivity index (χ4v) is 1.43. The van der Waals surface area contributed by atoms with Gasteiger partial charge in [-0.1, -0.05) is 6.07 Å². The van der Waals surface area contributed by atoms with Gasteiger partial charge in [-0.05, 0) is 25.1 Å². The molecule has 0 aliphatic rings. The largest absolute Gasteiger partial charge is 0.506 e. The molecule has 0 fully saturated rings. The summed E-state index contributed by atoms with van der Waals surface area (Å²) >= 11 is 0. The summed E-state index contributed by atoms with van der Waals surface area (Å²) in [5, 5.41) is 9.84. The van der Waals surface area contributed by atoms with E-state index in [-0.39, 0.29) is 11.3 Å². The molecule has 0 unspecified atom stereocenters. The third-order valence-corrected chi connectivity index (χ3v) is 2.31. The zero-order valence-electron chi connectivity index (χ0n) is 8.34. The first-order valence-electron chi connectivity index (χ1n) is 4.55. The van der Waals surface area contributed by atoms with E-state index >= 15 is 0 Å². The van der Waals surface area contributed by atoms with Crippen LogP contribution in [0.25, 0.3) is 10.9 Å². The Balaban J connectivity index is 2.67. The lowest BCUT2D eigenvalue weighted by molar-refractivity contribution is -0.137. The number of hydrogen-bond donors (Lipinski definition) is 1. The highest BCUT2D eigenvalue weighted by molar-refractivity contribution is 5.81. The van der Waals surface area contributed by atoms with Gasteiger partial charge in [0.15, 0.2) is 0 Å². The molecule has 0 amide bonds. The molecular weight excluding hydrogens is 219 g/mol. The smallest absolute Gasteiger partial charge is 0.416 e. The lowest BCUT2D eigenvalue weighted by Gasteiger charge is -2.08. The minimum Gasteiger partial charge on any atom is -0.506 e. The van der Waals surface area contributed by atoms with Crippen LogP contribution in [-0.4, -0.2) is 10.1 Å². The molecule has 84 valence electrons. The van der Waals surface area contributed by atoms with Crippen molar-refractivity contribution in [3.63, 3.8) is 0 Å². The zero-order valence-corrected chi connectivity index (χ0v) is 8.34. The summed E-state index contributed by atoms with van der Waals surface area (Å²) in [4.78, 5) is 3.90. The molecule has 2 aromatic rings. The van der Waals surface area contributed by atoms with Crippen LogP contribution in [0, 0.1) is 6.92 Å². The molecule has 0 radical (unpaired) electrons. The van der Waals surface area contributed by atoms with Crippen LogP contribution in [0.5, 0.6) is 5.75 Å². The first-order chi connectivity index (χ1) is 7.38. The van der Waals surface area contributed by atoms with Crippen LogP contribution >= 0.6 is 0 Å². The second-order valence-corrected chi connectivity index (χ2v) is 3.50. The number of aryl methyl sites for hydroxylation is 1. The van der Waals surface area contributed by atoms with E-state index in [0.717, 1.165) is 12.1 Å². The molecule has 0 aliphatic carbocycles. The highest BCUT2D eigenvalue weighted by atomic mass is 19.4. The molecule has 0 bridgehead atoms. The minimum atomic E-state index is -4.37. The maximum Gasteiger partial charge on any atom is 0.416 e. The van der Waals surface area contributed by atoms with Crippen molar-refractivity contribution in [1.29, 1.82) is 0 Å². The van der Waals surface area contributed by atoms with E-state index in [9.17, 15) is 18.3 Å². The average Bonchev–Trinajstić information content (AvgIpc) is 2.17. The first-order valence-corrected chi connectivity index (χ1v) is 4.55. The molecule has 16 heavy (non-hydrogen) atoms. The molecular formula is C11H8F3NO. The van der Waals surface area contributed by atoms with Crippen molar-refractivity contribution in [2.24, 2.45) is 0 Å². The number of pyridine rings is 1. The normalized spacial score (nSPS) is 12.0. The maximum atomic E-state index is 12.4. The number of halogens is 3. The highest BCUT2D eigenvalue weighted by Crippen LogP contribution is 2.31. The Labute approximate surface area is 89.4 Å². The van der Waals surface area contributed by atoms with E-state index in [1.54, 1.807) is 0 Å². The fourth-order valence-electron chi connectivity index (χ4n) is 1.43. The molecule has 1 aromatic heterocycles. The van der Waals surface area contributed by atoms with E-state index in [4.69, 9.17) is 0 Å².